The molecule has 9 heteroatoms. The summed E-state index contributed by atoms with van der Waals surface area (Å²) in [6.07, 6.45) is 1.69. The molecule has 1 saturated heterocycles. The molecule has 2 aromatic carbocycles. The summed E-state index contributed by atoms with van der Waals surface area (Å²) in [5.41, 5.74) is 0.402. The van der Waals surface area contributed by atoms with Gasteiger partial charge in [-0.1, -0.05) is 30.3 Å². The summed E-state index contributed by atoms with van der Waals surface area (Å²) in [6.45, 7) is 1.20. The molecule has 0 bridgehead atoms. The van der Waals surface area contributed by atoms with Crippen LogP contribution in [-0.2, 0) is 19.6 Å². The summed E-state index contributed by atoms with van der Waals surface area (Å²) < 4.78 is 34.1. The number of nitrogens with zero attached hydrogens (tertiary/aromatic N) is 1. The molecule has 1 unspecified atom stereocenters. The molecule has 0 saturated carbocycles. The molecule has 160 valence electrons. The van der Waals surface area contributed by atoms with E-state index in [1.807, 2.05) is 0 Å². The Labute approximate surface area is 175 Å². The quantitative estimate of drug-likeness (QED) is 0.700. The summed E-state index contributed by atoms with van der Waals surface area (Å²) in [4.78, 5) is 27.5. The monoisotopic (exact) mass is 432 g/mol. The number of esters is 1. The van der Waals surface area contributed by atoms with Gasteiger partial charge in [-0.3, -0.25) is 4.79 Å². The van der Waals surface area contributed by atoms with Crippen LogP contribution < -0.4 is 9.88 Å². The van der Waals surface area contributed by atoms with Gasteiger partial charge < -0.3 is 14.4 Å². The lowest BCUT2D eigenvalue weighted by Gasteiger charge is -2.30. The lowest BCUT2D eigenvalue weighted by molar-refractivity contribution is -0.142. The van der Waals surface area contributed by atoms with Crippen molar-refractivity contribution < 1.29 is 27.5 Å². The van der Waals surface area contributed by atoms with E-state index in [0.717, 1.165) is 25.3 Å². The van der Waals surface area contributed by atoms with Crippen molar-refractivity contribution in [2.75, 3.05) is 20.2 Å². The number of methoxy groups -OCH3 is 1. The third kappa shape index (κ3) is 4.98. The van der Waals surface area contributed by atoms with E-state index in [1.165, 1.54) is 19.2 Å². The predicted octanol–water partition coefficient (Wildman–Crippen LogP) is 2.25. The van der Waals surface area contributed by atoms with Gasteiger partial charge >= 0.3 is 5.97 Å². The summed E-state index contributed by atoms with van der Waals surface area (Å²) in [5, 5.41) is 5.17. The zero-order valence-electron chi connectivity index (χ0n) is 16.6. The number of carbonyl (C=O) groups excluding carboxylic acids is 2. The molecule has 0 aromatic heterocycles. The fourth-order valence-corrected chi connectivity index (χ4v) is 3.90. The molecule has 0 radical (unpaired) electrons. The van der Waals surface area contributed by atoms with E-state index in [4.69, 9.17) is 14.6 Å². The minimum absolute atomic E-state index is 0.115. The normalized spacial score (nSPS) is 15.3. The molecule has 0 aliphatic carbocycles. The van der Waals surface area contributed by atoms with Crippen molar-refractivity contribution in [2.24, 2.45) is 5.14 Å². The minimum Gasteiger partial charge on any atom is -0.496 e. The Morgan fingerprint density at radius 3 is 2.30 bits per heavy atom. The van der Waals surface area contributed by atoms with E-state index < -0.39 is 22.1 Å². The zero-order chi connectivity index (χ0) is 21.7. The highest BCUT2D eigenvalue weighted by Gasteiger charge is 2.31. The van der Waals surface area contributed by atoms with Crippen LogP contribution in [0.25, 0.3) is 0 Å². The molecule has 1 amide bonds. The molecule has 1 aliphatic rings. The Kier molecular flexibility index (Phi) is 6.73. The maximum Gasteiger partial charge on any atom is 0.343 e. The third-order valence-electron chi connectivity index (χ3n) is 4.94. The number of hydrogen-bond acceptors (Lipinski definition) is 6. The average molecular weight is 432 g/mol. The Balaban J connectivity index is 1.94. The summed E-state index contributed by atoms with van der Waals surface area (Å²) in [7, 11) is -2.69. The summed E-state index contributed by atoms with van der Waals surface area (Å²) in [5.74, 6) is -1.07. The molecule has 30 heavy (non-hydrogen) atoms. The van der Waals surface area contributed by atoms with Gasteiger partial charge in [-0.05, 0) is 37.5 Å². The second-order valence-corrected chi connectivity index (χ2v) is 8.55. The number of sulfonamides is 1. The largest absolute Gasteiger partial charge is 0.496 e. The number of nitrogens with two attached hydrogens (primary N) is 1. The van der Waals surface area contributed by atoms with Crippen molar-refractivity contribution in [3.63, 3.8) is 0 Å². The van der Waals surface area contributed by atoms with Gasteiger partial charge in [0.05, 0.1) is 12.0 Å². The van der Waals surface area contributed by atoms with Crippen molar-refractivity contribution in [1.29, 1.82) is 0 Å². The molecule has 1 aliphatic heterocycles. The van der Waals surface area contributed by atoms with Gasteiger partial charge in [0.15, 0.2) is 0 Å². The highest BCUT2D eigenvalue weighted by molar-refractivity contribution is 7.89. The second kappa shape index (κ2) is 9.27. The van der Waals surface area contributed by atoms with Gasteiger partial charge in [0.2, 0.25) is 16.1 Å². The molecule has 0 spiro atoms. The summed E-state index contributed by atoms with van der Waals surface area (Å²) in [6, 6.07) is 12.4. The smallest absolute Gasteiger partial charge is 0.343 e. The van der Waals surface area contributed by atoms with Crippen molar-refractivity contribution in [2.45, 2.75) is 30.3 Å². The highest BCUT2D eigenvalue weighted by Crippen LogP contribution is 2.28. The molecule has 2 N–H and O–H groups in total. The number of ether oxygens (including phenoxy) is 2. The lowest BCUT2D eigenvalue weighted by atomic mass is 10.1. The highest BCUT2D eigenvalue weighted by atomic mass is 32.2. The molecule has 1 heterocycles. The maximum absolute atomic E-state index is 13.1. The Morgan fingerprint density at radius 2 is 1.70 bits per heavy atom. The second-order valence-electron chi connectivity index (χ2n) is 6.99. The maximum atomic E-state index is 13.1. The molecule has 2 aromatic rings. The van der Waals surface area contributed by atoms with E-state index in [-0.39, 0.29) is 22.1 Å². The van der Waals surface area contributed by atoms with Crippen LogP contribution in [-0.4, -0.2) is 45.4 Å². The Hall–Kier alpha value is -2.91. The van der Waals surface area contributed by atoms with Gasteiger partial charge in [0.1, 0.15) is 11.3 Å². The van der Waals surface area contributed by atoms with Gasteiger partial charge in [-0.15, -0.1) is 0 Å². The Morgan fingerprint density at radius 1 is 1.03 bits per heavy atom. The van der Waals surface area contributed by atoms with E-state index in [0.29, 0.717) is 18.7 Å². The van der Waals surface area contributed by atoms with Crippen LogP contribution in [0, 0.1) is 0 Å². The van der Waals surface area contributed by atoms with Crippen LogP contribution in [0.3, 0.4) is 0 Å². The van der Waals surface area contributed by atoms with E-state index in [2.05, 4.69) is 0 Å². The first-order valence-corrected chi connectivity index (χ1v) is 11.1. The van der Waals surface area contributed by atoms with Gasteiger partial charge in [0.25, 0.3) is 5.91 Å². The molecular formula is C21H24N2O6S. The fraction of sp³-hybridized carbons (Fsp3) is 0.333. The topological polar surface area (TPSA) is 116 Å². The van der Waals surface area contributed by atoms with Gasteiger partial charge in [-0.25, -0.2) is 18.4 Å². The zero-order valence-corrected chi connectivity index (χ0v) is 17.4. The van der Waals surface area contributed by atoms with Crippen LogP contribution >= 0.6 is 0 Å². The first-order chi connectivity index (χ1) is 14.3. The number of piperidine rings is 1. The predicted molar refractivity (Wildman–Crippen MR) is 109 cm³/mol. The van der Waals surface area contributed by atoms with E-state index >= 15 is 0 Å². The van der Waals surface area contributed by atoms with Crippen molar-refractivity contribution in [3.8, 4) is 5.75 Å². The molecule has 1 fully saturated rings. The number of benzene rings is 2. The van der Waals surface area contributed by atoms with Crippen LogP contribution in [0.2, 0.25) is 0 Å². The number of primary sulfonamides is 1. The fourth-order valence-electron chi connectivity index (χ4n) is 3.36. The average Bonchev–Trinajstić information content (AvgIpc) is 2.77. The van der Waals surface area contributed by atoms with Gasteiger partial charge in [0, 0.05) is 18.7 Å². The van der Waals surface area contributed by atoms with Crippen molar-refractivity contribution in [1.82, 2.24) is 4.90 Å². The number of carbonyl (C=O) groups is 2. The van der Waals surface area contributed by atoms with E-state index in [1.54, 1.807) is 35.2 Å². The van der Waals surface area contributed by atoms with Crippen LogP contribution in [0.15, 0.2) is 53.4 Å². The molecule has 3 rings (SSSR count). The number of likely N-dealkylation sites (tertiary alicyclic amines) is 1. The molecule has 8 nitrogen and oxygen atoms in total. The third-order valence-corrected chi connectivity index (χ3v) is 5.85. The van der Waals surface area contributed by atoms with Crippen LogP contribution in [0.1, 0.15) is 41.3 Å². The lowest BCUT2D eigenvalue weighted by Crippen LogP contribution is -2.40. The summed E-state index contributed by atoms with van der Waals surface area (Å²) >= 11 is 0. The molecule has 1 atom stereocenters. The van der Waals surface area contributed by atoms with Crippen molar-refractivity contribution in [3.05, 3.63) is 59.7 Å². The Bertz CT molecular complexity index is 1020. The molecular weight excluding hydrogens is 408 g/mol. The minimum atomic E-state index is -4.04. The number of amides is 1. The van der Waals surface area contributed by atoms with Crippen LogP contribution in [0.4, 0.5) is 0 Å². The van der Waals surface area contributed by atoms with Crippen molar-refractivity contribution >= 4 is 21.9 Å². The first-order valence-electron chi connectivity index (χ1n) is 9.57. The first kappa shape index (κ1) is 21.8. The standard InChI is InChI=1S/C21H24N2O6S/c1-28-18-11-10-16(30(22,26)27)14-17(18)21(25)29-19(15-8-4-2-5-9-15)20(24)23-12-6-3-7-13-23/h2,4-5,8-11,14,19H,3,6-7,12-13H2,1H3,(H2,22,26,27). The van der Waals surface area contributed by atoms with Crippen LogP contribution in [0.5, 0.6) is 5.75 Å². The SMILES string of the molecule is COc1ccc(S(N)(=O)=O)cc1C(=O)OC(C(=O)N1CCCCC1)c1ccccc1. The van der Waals surface area contributed by atoms with E-state index in [9.17, 15) is 18.0 Å². The van der Waals surface area contributed by atoms with Gasteiger partial charge in [-0.2, -0.15) is 0 Å². The number of rotatable bonds is 6. The number of hydrogen-bond donors (Lipinski definition) is 1.